The third-order valence-electron chi connectivity index (χ3n) is 1.94. The molecule has 1 aromatic rings. The fourth-order valence-electron chi connectivity index (χ4n) is 1.24. The summed E-state index contributed by atoms with van der Waals surface area (Å²) in [6.07, 6.45) is -1.29. The van der Waals surface area contributed by atoms with Crippen molar-refractivity contribution in [3.63, 3.8) is 0 Å². The van der Waals surface area contributed by atoms with Crippen LogP contribution in [-0.4, -0.2) is 24.8 Å². The summed E-state index contributed by atoms with van der Waals surface area (Å²) in [5.41, 5.74) is 0.415. The van der Waals surface area contributed by atoms with E-state index in [2.05, 4.69) is 0 Å². The van der Waals surface area contributed by atoms with E-state index in [1.807, 2.05) is 0 Å². The molecule has 1 unspecified atom stereocenters. The molecule has 1 N–H and O–H groups in total. The summed E-state index contributed by atoms with van der Waals surface area (Å²) in [6.45, 7) is 1.93. The molecule has 0 bridgehead atoms. The Balaban J connectivity index is 2.89. The number of benzene rings is 1. The standard InChI is InChI=1S/C11H14O4/c1-3-15-11(13)10(12)8-6-4-5-7-9(8)14-2/h4-7,10,12H,3H2,1-2H3. The summed E-state index contributed by atoms with van der Waals surface area (Å²) < 4.78 is 9.74. The smallest absolute Gasteiger partial charge is 0.339 e. The highest BCUT2D eigenvalue weighted by molar-refractivity contribution is 5.77. The van der Waals surface area contributed by atoms with Crippen molar-refractivity contribution in [2.24, 2.45) is 0 Å². The normalized spacial score (nSPS) is 11.9. The summed E-state index contributed by atoms with van der Waals surface area (Å²) in [5.74, 6) is -0.194. The van der Waals surface area contributed by atoms with Gasteiger partial charge in [0.05, 0.1) is 13.7 Å². The number of aliphatic hydroxyl groups excluding tert-OH is 1. The maximum atomic E-state index is 11.3. The fraction of sp³-hybridized carbons (Fsp3) is 0.364. The van der Waals surface area contributed by atoms with E-state index in [0.717, 1.165) is 0 Å². The number of carbonyl (C=O) groups excluding carboxylic acids is 1. The highest BCUT2D eigenvalue weighted by Gasteiger charge is 2.21. The van der Waals surface area contributed by atoms with Crippen LogP contribution in [0.3, 0.4) is 0 Å². The van der Waals surface area contributed by atoms with Crippen molar-refractivity contribution in [3.05, 3.63) is 29.8 Å². The first kappa shape index (κ1) is 11.5. The van der Waals surface area contributed by atoms with E-state index in [1.54, 1.807) is 31.2 Å². The van der Waals surface area contributed by atoms with Crippen molar-refractivity contribution < 1.29 is 19.4 Å². The summed E-state index contributed by atoms with van der Waals surface area (Å²) in [5, 5.41) is 9.68. The van der Waals surface area contributed by atoms with E-state index in [4.69, 9.17) is 9.47 Å². The van der Waals surface area contributed by atoms with E-state index >= 15 is 0 Å². The number of rotatable bonds is 4. The first-order valence-electron chi connectivity index (χ1n) is 4.68. The van der Waals surface area contributed by atoms with Crippen LogP contribution < -0.4 is 4.74 Å². The van der Waals surface area contributed by atoms with Gasteiger partial charge in [-0.15, -0.1) is 0 Å². The molecule has 0 fully saturated rings. The molecule has 1 atom stereocenters. The van der Waals surface area contributed by atoms with Gasteiger partial charge in [-0.1, -0.05) is 18.2 Å². The lowest BCUT2D eigenvalue weighted by molar-refractivity contribution is -0.153. The monoisotopic (exact) mass is 210 g/mol. The second-order valence-corrected chi connectivity index (χ2v) is 2.90. The van der Waals surface area contributed by atoms with Crippen LogP contribution in [0.15, 0.2) is 24.3 Å². The molecule has 0 amide bonds. The van der Waals surface area contributed by atoms with Gasteiger partial charge in [0.25, 0.3) is 0 Å². The molecule has 1 rings (SSSR count). The highest BCUT2D eigenvalue weighted by Crippen LogP contribution is 2.25. The maximum absolute atomic E-state index is 11.3. The van der Waals surface area contributed by atoms with Gasteiger partial charge in [-0.05, 0) is 13.0 Å². The van der Waals surface area contributed by atoms with E-state index in [9.17, 15) is 9.90 Å². The highest BCUT2D eigenvalue weighted by atomic mass is 16.5. The van der Waals surface area contributed by atoms with Gasteiger partial charge >= 0.3 is 5.97 Å². The van der Waals surface area contributed by atoms with Crippen molar-refractivity contribution in [1.29, 1.82) is 0 Å². The Labute approximate surface area is 88.4 Å². The topological polar surface area (TPSA) is 55.8 Å². The Kier molecular flexibility index (Phi) is 4.12. The lowest BCUT2D eigenvalue weighted by Gasteiger charge is -2.13. The zero-order valence-corrected chi connectivity index (χ0v) is 8.77. The number of ether oxygens (including phenoxy) is 2. The largest absolute Gasteiger partial charge is 0.496 e. The predicted molar refractivity (Wildman–Crippen MR) is 54.6 cm³/mol. The van der Waals surface area contributed by atoms with Crippen LogP contribution in [0.2, 0.25) is 0 Å². The number of para-hydroxylation sites is 1. The Bertz CT molecular complexity index is 335. The number of esters is 1. The van der Waals surface area contributed by atoms with E-state index in [0.29, 0.717) is 11.3 Å². The van der Waals surface area contributed by atoms with Crippen LogP contribution in [0.25, 0.3) is 0 Å². The molecular weight excluding hydrogens is 196 g/mol. The van der Waals surface area contributed by atoms with Crippen LogP contribution in [0.1, 0.15) is 18.6 Å². The van der Waals surface area contributed by atoms with Crippen molar-refractivity contribution >= 4 is 5.97 Å². The van der Waals surface area contributed by atoms with Crippen LogP contribution in [0.5, 0.6) is 5.75 Å². The van der Waals surface area contributed by atoms with Crippen LogP contribution >= 0.6 is 0 Å². The minimum absolute atomic E-state index is 0.241. The summed E-state index contributed by atoms with van der Waals surface area (Å²) >= 11 is 0. The zero-order valence-electron chi connectivity index (χ0n) is 8.77. The molecule has 0 aliphatic carbocycles. The van der Waals surface area contributed by atoms with Gasteiger partial charge in [0.15, 0.2) is 6.10 Å². The van der Waals surface area contributed by atoms with Crippen molar-refractivity contribution in [2.75, 3.05) is 13.7 Å². The minimum Gasteiger partial charge on any atom is -0.496 e. The van der Waals surface area contributed by atoms with Crippen LogP contribution in [0, 0.1) is 0 Å². The second kappa shape index (κ2) is 5.36. The third kappa shape index (κ3) is 2.70. The fourth-order valence-corrected chi connectivity index (χ4v) is 1.24. The Morgan fingerprint density at radius 3 is 2.73 bits per heavy atom. The molecule has 0 radical (unpaired) electrons. The lowest BCUT2D eigenvalue weighted by atomic mass is 10.1. The lowest BCUT2D eigenvalue weighted by Crippen LogP contribution is -2.16. The van der Waals surface area contributed by atoms with Gasteiger partial charge < -0.3 is 14.6 Å². The number of aliphatic hydroxyl groups is 1. The maximum Gasteiger partial charge on any atom is 0.339 e. The molecule has 0 heterocycles. The second-order valence-electron chi connectivity index (χ2n) is 2.90. The van der Waals surface area contributed by atoms with Crippen molar-refractivity contribution in [1.82, 2.24) is 0 Å². The van der Waals surface area contributed by atoms with Gasteiger partial charge in [0, 0.05) is 5.56 Å². The molecule has 1 aromatic carbocycles. The quantitative estimate of drug-likeness (QED) is 0.761. The summed E-state index contributed by atoms with van der Waals surface area (Å²) in [6, 6.07) is 6.79. The Morgan fingerprint density at radius 1 is 1.47 bits per heavy atom. The average Bonchev–Trinajstić information content (AvgIpc) is 2.28. The molecule has 0 saturated carbocycles. The van der Waals surface area contributed by atoms with Gasteiger partial charge in [0.2, 0.25) is 0 Å². The summed E-state index contributed by atoms with van der Waals surface area (Å²) in [7, 11) is 1.48. The molecule has 0 saturated heterocycles. The Morgan fingerprint density at radius 2 is 2.13 bits per heavy atom. The molecule has 4 heteroatoms. The van der Waals surface area contributed by atoms with Gasteiger partial charge in [0.1, 0.15) is 5.75 Å². The molecule has 0 spiro atoms. The molecule has 0 aliphatic heterocycles. The molecule has 0 aromatic heterocycles. The van der Waals surface area contributed by atoms with E-state index in [-0.39, 0.29) is 6.61 Å². The zero-order chi connectivity index (χ0) is 11.3. The molecule has 0 aliphatic rings. The third-order valence-corrected chi connectivity index (χ3v) is 1.94. The van der Waals surface area contributed by atoms with Crippen LogP contribution in [0.4, 0.5) is 0 Å². The predicted octanol–water partition coefficient (Wildman–Crippen LogP) is 1.29. The van der Waals surface area contributed by atoms with Gasteiger partial charge in [-0.3, -0.25) is 0 Å². The summed E-state index contributed by atoms with van der Waals surface area (Å²) in [4.78, 5) is 11.3. The van der Waals surface area contributed by atoms with Crippen molar-refractivity contribution in [2.45, 2.75) is 13.0 Å². The molecule has 15 heavy (non-hydrogen) atoms. The molecule has 4 nitrogen and oxygen atoms in total. The number of hydrogen-bond acceptors (Lipinski definition) is 4. The SMILES string of the molecule is CCOC(=O)C(O)c1ccccc1OC. The number of hydrogen-bond donors (Lipinski definition) is 1. The van der Waals surface area contributed by atoms with E-state index in [1.165, 1.54) is 7.11 Å². The van der Waals surface area contributed by atoms with Gasteiger partial charge in [-0.2, -0.15) is 0 Å². The first-order chi connectivity index (χ1) is 7.20. The van der Waals surface area contributed by atoms with Crippen LogP contribution in [-0.2, 0) is 9.53 Å². The van der Waals surface area contributed by atoms with Crippen molar-refractivity contribution in [3.8, 4) is 5.75 Å². The number of methoxy groups -OCH3 is 1. The average molecular weight is 210 g/mol. The number of carbonyl (C=O) groups is 1. The van der Waals surface area contributed by atoms with E-state index < -0.39 is 12.1 Å². The minimum atomic E-state index is -1.29. The van der Waals surface area contributed by atoms with Gasteiger partial charge in [-0.25, -0.2) is 4.79 Å². The first-order valence-corrected chi connectivity index (χ1v) is 4.68. The Hall–Kier alpha value is -1.55. The molecular formula is C11H14O4. The molecule has 82 valence electrons.